The number of ether oxygens (including phenoxy) is 1. The van der Waals surface area contributed by atoms with Crippen LogP contribution in [-0.2, 0) is 33.7 Å². The van der Waals surface area contributed by atoms with Crippen LogP contribution in [-0.4, -0.2) is 36.0 Å². The van der Waals surface area contributed by atoms with Crippen molar-refractivity contribution in [3.05, 3.63) is 73.2 Å². The van der Waals surface area contributed by atoms with Crippen molar-refractivity contribution in [2.45, 2.75) is 4.21 Å². The predicted molar refractivity (Wildman–Crippen MR) is 122 cm³/mol. The lowest BCUT2D eigenvalue weighted by atomic mass is 10.2. The average molecular weight is 513 g/mol. The van der Waals surface area contributed by atoms with Gasteiger partial charge < -0.3 is 10.1 Å². The smallest absolute Gasteiger partial charge is 0.340 e. The van der Waals surface area contributed by atoms with Crippen LogP contribution in [0, 0.1) is 0 Å². The third kappa shape index (κ3) is 5.50. The van der Waals surface area contributed by atoms with Crippen LogP contribution in [0.2, 0.25) is 4.34 Å². The van der Waals surface area contributed by atoms with Gasteiger partial charge in [-0.3, -0.25) is 23.4 Å². The lowest BCUT2D eigenvalue weighted by molar-refractivity contribution is -0.119. The molecule has 0 unspecified atom stereocenters. The summed E-state index contributed by atoms with van der Waals surface area (Å²) in [6.45, 7) is -0.746. The summed E-state index contributed by atoms with van der Waals surface area (Å²) in [7, 11) is -1.36. The maximum atomic E-state index is 12.5. The summed E-state index contributed by atoms with van der Waals surface area (Å²) in [5.74, 6) is -1.85. The second-order valence-corrected chi connectivity index (χ2v) is 10.2. The summed E-state index contributed by atoms with van der Waals surface area (Å²) >= 11 is 6.64. The van der Waals surface area contributed by atoms with E-state index in [1.54, 1.807) is 0 Å². The number of sulfonamides is 1. The number of nitrogens with one attached hydrogen (secondary N) is 2. The number of hydrogen-bond acceptors (Lipinski definition) is 8. The van der Waals surface area contributed by atoms with Gasteiger partial charge in [-0.1, -0.05) is 23.7 Å². The molecule has 2 N–H and O–H groups in total. The van der Waals surface area contributed by atoms with Gasteiger partial charge in [-0.05, 0) is 24.3 Å². The minimum atomic E-state index is -4.00. The second-order valence-electron chi connectivity index (χ2n) is 6.60. The fourth-order valence-corrected chi connectivity index (χ4v) is 5.19. The number of thiophene rings is 1. The Morgan fingerprint density at radius 3 is 2.45 bits per heavy atom. The average Bonchev–Trinajstić information content (AvgIpc) is 3.22. The van der Waals surface area contributed by atoms with Crippen LogP contribution in [0.15, 0.2) is 56.3 Å². The summed E-state index contributed by atoms with van der Waals surface area (Å²) in [6.07, 6.45) is 0. The Bertz CT molecular complexity index is 1460. The standard InChI is InChI=1S/C19H17ClN4O7S2/c1-23-14(9-16(26)24(2)19(23)28)21-15(25)10-31-18(27)11-5-3-4-6-12(11)22-33(29,30)17-8-7-13(20)32-17/h3-9,22H,10H2,1-2H3,(H,21,25). The Hall–Kier alpha value is -3.42. The molecule has 2 heterocycles. The Kier molecular flexibility index (Phi) is 7.05. The molecule has 2 aromatic heterocycles. The quantitative estimate of drug-likeness (QED) is 0.455. The van der Waals surface area contributed by atoms with E-state index in [0.29, 0.717) is 0 Å². The first-order valence-electron chi connectivity index (χ1n) is 9.11. The van der Waals surface area contributed by atoms with Crippen molar-refractivity contribution in [1.82, 2.24) is 9.13 Å². The number of para-hydroxylation sites is 1. The number of carbonyl (C=O) groups is 2. The Morgan fingerprint density at radius 1 is 1.09 bits per heavy atom. The molecule has 0 atom stereocenters. The molecule has 1 aromatic carbocycles. The van der Waals surface area contributed by atoms with Gasteiger partial charge in [-0.25, -0.2) is 18.0 Å². The number of rotatable bonds is 7. The van der Waals surface area contributed by atoms with Crippen molar-refractivity contribution in [3.63, 3.8) is 0 Å². The largest absolute Gasteiger partial charge is 0.452 e. The number of carbonyl (C=O) groups excluding carboxylic acids is 2. The molecule has 0 aliphatic rings. The van der Waals surface area contributed by atoms with E-state index in [0.717, 1.165) is 26.5 Å². The summed E-state index contributed by atoms with van der Waals surface area (Å²) in [6, 6.07) is 9.49. The number of benzene rings is 1. The van der Waals surface area contributed by atoms with Gasteiger partial charge in [0.25, 0.3) is 21.5 Å². The number of nitrogens with zero attached hydrogens (tertiary/aromatic N) is 2. The molecule has 0 spiro atoms. The molecule has 0 fully saturated rings. The molecule has 1 amide bonds. The van der Waals surface area contributed by atoms with Gasteiger partial charge in [-0.15, -0.1) is 11.3 Å². The van der Waals surface area contributed by atoms with Crippen LogP contribution >= 0.6 is 22.9 Å². The summed E-state index contributed by atoms with van der Waals surface area (Å²) in [5.41, 5.74) is -1.46. The van der Waals surface area contributed by atoms with E-state index >= 15 is 0 Å². The lowest BCUT2D eigenvalue weighted by Crippen LogP contribution is -2.38. The van der Waals surface area contributed by atoms with Crippen molar-refractivity contribution >= 4 is 56.3 Å². The minimum Gasteiger partial charge on any atom is -0.452 e. The first-order valence-corrected chi connectivity index (χ1v) is 11.8. The van der Waals surface area contributed by atoms with Gasteiger partial charge >= 0.3 is 11.7 Å². The highest BCUT2D eigenvalue weighted by molar-refractivity contribution is 7.94. The molecule has 0 aliphatic heterocycles. The van der Waals surface area contributed by atoms with Crippen LogP contribution in [0.4, 0.5) is 11.5 Å². The van der Waals surface area contributed by atoms with E-state index in [-0.39, 0.29) is 25.6 Å². The van der Waals surface area contributed by atoms with E-state index in [1.165, 1.54) is 50.5 Å². The molecule has 3 rings (SSSR count). The van der Waals surface area contributed by atoms with Crippen molar-refractivity contribution in [2.24, 2.45) is 14.1 Å². The van der Waals surface area contributed by atoms with Gasteiger partial charge in [0.1, 0.15) is 10.0 Å². The minimum absolute atomic E-state index is 0.0466. The van der Waals surface area contributed by atoms with Crippen molar-refractivity contribution < 1.29 is 22.7 Å². The Labute approximate surface area is 196 Å². The summed E-state index contributed by atoms with van der Waals surface area (Å²) in [5, 5.41) is 2.31. The molecule has 14 heteroatoms. The highest BCUT2D eigenvalue weighted by Gasteiger charge is 2.21. The van der Waals surface area contributed by atoms with Crippen molar-refractivity contribution in [1.29, 1.82) is 0 Å². The van der Waals surface area contributed by atoms with Crippen LogP contribution in [0.5, 0.6) is 0 Å². The van der Waals surface area contributed by atoms with Gasteiger partial charge in [0.15, 0.2) is 6.61 Å². The Balaban J connectivity index is 1.71. The molecule has 0 saturated carbocycles. The van der Waals surface area contributed by atoms with E-state index in [9.17, 15) is 27.6 Å². The summed E-state index contributed by atoms with van der Waals surface area (Å²) < 4.78 is 34.5. The number of hydrogen-bond donors (Lipinski definition) is 2. The maximum absolute atomic E-state index is 12.5. The molecule has 3 aromatic rings. The molecule has 0 saturated heterocycles. The molecule has 0 bridgehead atoms. The van der Waals surface area contributed by atoms with Gasteiger partial charge in [-0.2, -0.15) is 0 Å². The number of halogens is 1. The second kappa shape index (κ2) is 9.60. The third-order valence-electron chi connectivity index (χ3n) is 4.33. The Morgan fingerprint density at radius 2 is 1.79 bits per heavy atom. The monoisotopic (exact) mass is 512 g/mol. The van der Waals surface area contributed by atoms with Crippen LogP contribution in [0.25, 0.3) is 0 Å². The lowest BCUT2D eigenvalue weighted by Gasteiger charge is -2.12. The molecule has 33 heavy (non-hydrogen) atoms. The van der Waals surface area contributed by atoms with Gasteiger partial charge in [0.05, 0.1) is 15.6 Å². The van der Waals surface area contributed by atoms with E-state index < -0.39 is 39.8 Å². The fourth-order valence-electron chi connectivity index (χ4n) is 2.63. The first-order chi connectivity index (χ1) is 15.5. The zero-order chi connectivity index (χ0) is 24.3. The first kappa shape index (κ1) is 24.2. The molecule has 11 nitrogen and oxygen atoms in total. The van der Waals surface area contributed by atoms with E-state index in [1.807, 2.05) is 0 Å². The molecule has 0 aliphatic carbocycles. The molecular formula is C19H17ClN4O7S2. The SMILES string of the molecule is Cn1c(NC(=O)COC(=O)c2ccccc2NS(=O)(=O)c2ccc(Cl)s2)cc(=O)n(C)c1=O. The fraction of sp³-hybridized carbons (Fsp3) is 0.158. The predicted octanol–water partition coefficient (Wildman–Crippen LogP) is 1.40. The van der Waals surface area contributed by atoms with E-state index in [2.05, 4.69) is 10.0 Å². The number of amides is 1. The molecule has 0 radical (unpaired) electrons. The highest BCUT2D eigenvalue weighted by Crippen LogP contribution is 2.28. The zero-order valence-electron chi connectivity index (χ0n) is 17.2. The highest BCUT2D eigenvalue weighted by atomic mass is 35.5. The number of esters is 1. The number of aromatic nitrogens is 2. The van der Waals surface area contributed by atoms with E-state index in [4.69, 9.17) is 16.3 Å². The third-order valence-corrected chi connectivity index (χ3v) is 7.42. The number of anilines is 2. The zero-order valence-corrected chi connectivity index (χ0v) is 19.6. The molecule has 174 valence electrons. The van der Waals surface area contributed by atoms with Gasteiger partial charge in [0.2, 0.25) is 0 Å². The van der Waals surface area contributed by atoms with Crippen LogP contribution < -0.4 is 21.3 Å². The van der Waals surface area contributed by atoms with Crippen molar-refractivity contribution in [3.8, 4) is 0 Å². The maximum Gasteiger partial charge on any atom is 0.340 e. The van der Waals surface area contributed by atoms with Gasteiger partial charge in [0, 0.05) is 20.2 Å². The topological polar surface area (TPSA) is 146 Å². The van der Waals surface area contributed by atoms with Crippen LogP contribution in [0.1, 0.15) is 10.4 Å². The molecular weight excluding hydrogens is 496 g/mol. The summed E-state index contributed by atoms with van der Waals surface area (Å²) in [4.78, 5) is 48.4. The van der Waals surface area contributed by atoms with Crippen molar-refractivity contribution in [2.75, 3.05) is 16.6 Å². The normalized spacial score (nSPS) is 11.1. The van der Waals surface area contributed by atoms with Crippen LogP contribution in [0.3, 0.4) is 0 Å².